The first kappa shape index (κ1) is 14.4. The molecule has 1 rings (SSSR count). The van der Waals surface area contributed by atoms with Crippen molar-refractivity contribution in [2.45, 2.75) is 26.9 Å². The fourth-order valence-corrected chi connectivity index (χ4v) is 1.60. The van der Waals surface area contributed by atoms with E-state index in [2.05, 4.69) is 0 Å². The van der Waals surface area contributed by atoms with Gasteiger partial charge in [-0.2, -0.15) is 0 Å². The Morgan fingerprint density at radius 3 is 2.39 bits per heavy atom. The number of benzene rings is 1. The topological polar surface area (TPSA) is 29.5 Å². The van der Waals surface area contributed by atoms with Gasteiger partial charge >= 0.3 is 0 Å². The van der Waals surface area contributed by atoms with E-state index in [1.165, 1.54) is 6.07 Å². The maximum absolute atomic E-state index is 13.0. The van der Waals surface area contributed by atoms with E-state index >= 15 is 0 Å². The Morgan fingerprint density at radius 1 is 1.28 bits per heavy atom. The van der Waals surface area contributed by atoms with Crippen LogP contribution in [0.1, 0.15) is 20.8 Å². The average Bonchev–Trinajstić information content (AvgIpc) is 2.35. The highest BCUT2D eigenvalue weighted by atomic mass is 19.2. The zero-order valence-corrected chi connectivity index (χ0v) is 10.7. The molecule has 3 nitrogen and oxygen atoms in total. The first-order chi connectivity index (χ1) is 8.49. The second-order valence-corrected chi connectivity index (χ2v) is 3.85. The summed E-state index contributed by atoms with van der Waals surface area (Å²) < 4.78 is 31.0. The van der Waals surface area contributed by atoms with Crippen LogP contribution in [-0.4, -0.2) is 30.0 Å². The number of nitrogens with zero attached hydrogens (tertiary/aromatic N) is 1. The van der Waals surface area contributed by atoms with Crippen LogP contribution in [0, 0.1) is 11.6 Å². The third-order valence-corrected chi connectivity index (χ3v) is 2.63. The van der Waals surface area contributed by atoms with Crippen molar-refractivity contribution in [3.8, 4) is 5.75 Å². The van der Waals surface area contributed by atoms with Crippen LogP contribution < -0.4 is 4.74 Å². The lowest BCUT2D eigenvalue weighted by Gasteiger charge is -2.23. The second kappa shape index (κ2) is 6.33. The van der Waals surface area contributed by atoms with Crippen LogP contribution in [0.4, 0.5) is 8.78 Å². The largest absolute Gasteiger partial charge is 0.481 e. The maximum atomic E-state index is 13.0. The quantitative estimate of drug-likeness (QED) is 0.811. The molecule has 0 radical (unpaired) electrons. The summed E-state index contributed by atoms with van der Waals surface area (Å²) in [6.45, 7) is 6.49. The first-order valence-electron chi connectivity index (χ1n) is 5.90. The number of rotatable bonds is 5. The third kappa shape index (κ3) is 3.42. The van der Waals surface area contributed by atoms with Crippen LogP contribution >= 0.6 is 0 Å². The number of hydrogen-bond donors (Lipinski definition) is 0. The van der Waals surface area contributed by atoms with Gasteiger partial charge in [-0.3, -0.25) is 4.79 Å². The molecule has 1 amide bonds. The summed E-state index contributed by atoms with van der Waals surface area (Å²) in [6, 6.07) is 3.20. The zero-order chi connectivity index (χ0) is 13.7. The normalized spacial score (nSPS) is 12.1. The van der Waals surface area contributed by atoms with E-state index in [9.17, 15) is 13.6 Å². The molecule has 18 heavy (non-hydrogen) atoms. The van der Waals surface area contributed by atoms with Crippen molar-refractivity contribution in [1.82, 2.24) is 4.90 Å². The zero-order valence-electron chi connectivity index (χ0n) is 10.7. The van der Waals surface area contributed by atoms with Gasteiger partial charge in [-0.15, -0.1) is 0 Å². The molecular formula is C13H17F2NO2. The lowest BCUT2D eigenvalue weighted by atomic mass is 10.3. The monoisotopic (exact) mass is 257 g/mol. The molecule has 1 aromatic rings. The molecule has 1 aromatic carbocycles. The lowest BCUT2D eigenvalue weighted by Crippen LogP contribution is -2.40. The van der Waals surface area contributed by atoms with E-state index in [1.807, 2.05) is 13.8 Å². The van der Waals surface area contributed by atoms with Crippen LogP contribution in [0.3, 0.4) is 0 Å². The van der Waals surface area contributed by atoms with Gasteiger partial charge < -0.3 is 9.64 Å². The van der Waals surface area contributed by atoms with Gasteiger partial charge in [0.05, 0.1) is 0 Å². The summed E-state index contributed by atoms with van der Waals surface area (Å²) in [5.41, 5.74) is 0. The van der Waals surface area contributed by atoms with Crippen LogP contribution in [0.15, 0.2) is 18.2 Å². The van der Waals surface area contributed by atoms with Gasteiger partial charge in [0.1, 0.15) is 5.75 Å². The molecule has 0 saturated heterocycles. The minimum absolute atomic E-state index is 0.141. The molecule has 1 atom stereocenters. The highest BCUT2D eigenvalue weighted by Gasteiger charge is 2.20. The lowest BCUT2D eigenvalue weighted by molar-refractivity contribution is -0.137. The molecule has 0 N–H and O–H groups in total. The molecule has 0 spiro atoms. The number of carbonyl (C=O) groups is 1. The molecule has 0 fully saturated rings. The Morgan fingerprint density at radius 2 is 1.89 bits per heavy atom. The van der Waals surface area contributed by atoms with E-state index in [-0.39, 0.29) is 11.7 Å². The fraction of sp³-hybridized carbons (Fsp3) is 0.462. The van der Waals surface area contributed by atoms with Crippen molar-refractivity contribution >= 4 is 5.91 Å². The highest BCUT2D eigenvalue weighted by molar-refractivity contribution is 5.80. The van der Waals surface area contributed by atoms with Gasteiger partial charge in [-0.25, -0.2) is 8.78 Å². The van der Waals surface area contributed by atoms with Gasteiger partial charge in [0, 0.05) is 19.2 Å². The molecule has 0 aromatic heterocycles. The number of hydrogen-bond acceptors (Lipinski definition) is 2. The molecule has 0 aliphatic heterocycles. The van der Waals surface area contributed by atoms with Crippen LogP contribution in [0.2, 0.25) is 0 Å². The number of ether oxygens (including phenoxy) is 1. The van der Waals surface area contributed by atoms with Crippen LogP contribution in [0.25, 0.3) is 0 Å². The van der Waals surface area contributed by atoms with Gasteiger partial charge in [0.25, 0.3) is 5.91 Å². The van der Waals surface area contributed by atoms with Crippen LogP contribution in [-0.2, 0) is 4.79 Å². The van der Waals surface area contributed by atoms with E-state index in [4.69, 9.17) is 4.74 Å². The molecule has 1 unspecified atom stereocenters. The van der Waals surface area contributed by atoms with Crippen molar-refractivity contribution in [3.05, 3.63) is 29.8 Å². The maximum Gasteiger partial charge on any atom is 0.263 e. The molecule has 0 aliphatic carbocycles. The van der Waals surface area contributed by atoms with Crippen molar-refractivity contribution in [1.29, 1.82) is 0 Å². The highest BCUT2D eigenvalue weighted by Crippen LogP contribution is 2.17. The smallest absolute Gasteiger partial charge is 0.263 e. The Hall–Kier alpha value is -1.65. The predicted octanol–water partition coefficient (Wildman–Crippen LogP) is 2.60. The average molecular weight is 257 g/mol. The summed E-state index contributed by atoms with van der Waals surface area (Å²) in [5.74, 6) is -1.97. The summed E-state index contributed by atoms with van der Waals surface area (Å²) in [5, 5.41) is 0. The summed E-state index contributed by atoms with van der Waals surface area (Å²) in [7, 11) is 0. The Labute approximate surface area is 105 Å². The second-order valence-electron chi connectivity index (χ2n) is 3.85. The number of likely N-dealkylation sites (N-methyl/N-ethyl adjacent to an activating group) is 1. The first-order valence-corrected chi connectivity index (χ1v) is 5.90. The van der Waals surface area contributed by atoms with E-state index in [0.717, 1.165) is 12.1 Å². The summed E-state index contributed by atoms with van der Waals surface area (Å²) in [4.78, 5) is 13.5. The van der Waals surface area contributed by atoms with E-state index in [1.54, 1.807) is 11.8 Å². The molecule has 5 heteroatoms. The molecule has 0 saturated carbocycles. The van der Waals surface area contributed by atoms with Crippen molar-refractivity contribution in [3.63, 3.8) is 0 Å². The van der Waals surface area contributed by atoms with E-state index in [0.29, 0.717) is 13.1 Å². The minimum Gasteiger partial charge on any atom is -0.481 e. The minimum atomic E-state index is -0.991. The fourth-order valence-electron chi connectivity index (χ4n) is 1.60. The summed E-state index contributed by atoms with van der Waals surface area (Å²) in [6.07, 6.45) is -0.727. The number of halogens is 2. The van der Waals surface area contributed by atoms with Gasteiger partial charge in [-0.1, -0.05) is 0 Å². The van der Waals surface area contributed by atoms with Crippen molar-refractivity contribution in [2.75, 3.05) is 13.1 Å². The van der Waals surface area contributed by atoms with E-state index < -0.39 is 17.7 Å². The SMILES string of the molecule is CCN(CC)C(=O)C(C)Oc1ccc(F)c(F)c1. The van der Waals surface area contributed by atoms with Crippen molar-refractivity contribution in [2.24, 2.45) is 0 Å². The molecule has 0 heterocycles. The molecule has 100 valence electrons. The standard InChI is InChI=1S/C13H17F2NO2/c1-4-16(5-2)13(17)9(3)18-10-6-7-11(14)12(15)8-10/h6-9H,4-5H2,1-3H3. The summed E-state index contributed by atoms with van der Waals surface area (Å²) >= 11 is 0. The van der Waals surface area contributed by atoms with Gasteiger partial charge in [0.2, 0.25) is 0 Å². The molecular weight excluding hydrogens is 240 g/mol. The predicted molar refractivity (Wildman–Crippen MR) is 64.4 cm³/mol. The number of amides is 1. The van der Waals surface area contributed by atoms with Crippen LogP contribution in [0.5, 0.6) is 5.75 Å². The van der Waals surface area contributed by atoms with Crippen molar-refractivity contribution < 1.29 is 18.3 Å². The molecule has 0 aliphatic rings. The number of carbonyl (C=O) groups excluding carboxylic acids is 1. The Kier molecular flexibility index (Phi) is 5.07. The third-order valence-electron chi connectivity index (χ3n) is 2.63. The molecule has 0 bridgehead atoms. The Balaban J connectivity index is 2.71. The van der Waals surface area contributed by atoms with Gasteiger partial charge in [-0.05, 0) is 32.9 Å². The van der Waals surface area contributed by atoms with Gasteiger partial charge in [0.15, 0.2) is 17.7 Å². The Bertz CT molecular complexity index is 419.